The second kappa shape index (κ2) is 5.26. The van der Waals surface area contributed by atoms with Gasteiger partial charge >= 0.3 is 0 Å². The topological polar surface area (TPSA) is 35.2 Å². The van der Waals surface area contributed by atoms with Crippen LogP contribution < -0.4 is 10.5 Å². The van der Waals surface area contributed by atoms with Gasteiger partial charge in [0.05, 0.1) is 6.10 Å². The summed E-state index contributed by atoms with van der Waals surface area (Å²) in [5.41, 5.74) is 6.49. The van der Waals surface area contributed by atoms with Gasteiger partial charge in [0, 0.05) is 11.3 Å². The summed E-state index contributed by atoms with van der Waals surface area (Å²) in [6.07, 6.45) is -0.0177. The zero-order chi connectivity index (χ0) is 14.0. The maximum atomic E-state index is 13.8. The van der Waals surface area contributed by atoms with Gasteiger partial charge in [-0.25, -0.2) is 8.78 Å². The van der Waals surface area contributed by atoms with Crippen LogP contribution in [-0.4, -0.2) is 6.10 Å². The summed E-state index contributed by atoms with van der Waals surface area (Å²) in [6.45, 7) is 3.76. The lowest BCUT2D eigenvalue weighted by molar-refractivity contribution is 0.242. The third-order valence-electron chi connectivity index (χ3n) is 2.54. The standard InChI is InChI=1S/C15H15F2NO/c1-9(2)19-13-3-4-15(17)14(8-13)10-5-11(16)7-12(18)6-10/h3-9H,18H2,1-2H3. The minimum atomic E-state index is -0.496. The monoisotopic (exact) mass is 263 g/mol. The fourth-order valence-electron chi connectivity index (χ4n) is 1.84. The van der Waals surface area contributed by atoms with Crippen molar-refractivity contribution >= 4 is 5.69 Å². The second-order valence-electron chi connectivity index (χ2n) is 4.58. The highest BCUT2D eigenvalue weighted by atomic mass is 19.1. The van der Waals surface area contributed by atoms with Crippen LogP contribution in [0.25, 0.3) is 11.1 Å². The molecule has 0 atom stereocenters. The molecule has 2 aromatic rings. The molecular weight excluding hydrogens is 248 g/mol. The number of nitrogen functional groups attached to an aromatic ring is 1. The van der Waals surface area contributed by atoms with E-state index in [4.69, 9.17) is 10.5 Å². The number of anilines is 1. The molecule has 4 heteroatoms. The van der Waals surface area contributed by atoms with Crippen molar-refractivity contribution in [2.75, 3.05) is 5.73 Å². The number of nitrogens with two attached hydrogens (primary N) is 1. The third-order valence-corrected chi connectivity index (χ3v) is 2.54. The molecule has 0 aliphatic heterocycles. The molecule has 0 fully saturated rings. The average Bonchev–Trinajstić information content (AvgIpc) is 2.29. The summed E-state index contributed by atoms with van der Waals surface area (Å²) in [5.74, 6) is -0.403. The van der Waals surface area contributed by atoms with E-state index in [2.05, 4.69) is 0 Å². The minimum absolute atomic E-state index is 0.0177. The van der Waals surface area contributed by atoms with E-state index in [-0.39, 0.29) is 17.4 Å². The van der Waals surface area contributed by atoms with Gasteiger partial charge in [-0.2, -0.15) is 0 Å². The Morgan fingerprint density at radius 1 is 1.05 bits per heavy atom. The van der Waals surface area contributed by atoms with Crippen LogP contribution in [0.15, 0.2) is 36.4 Å². The molecular formula is C15H15F2NO. The van der Waals surface area contributed by atoms with Crippen molar-refractivity contribution in [1.29, 1.82) is 0 Å². The molecule has 0 spiro atoms. The third kappa shape index (κ3) is 3.22. The maximum Gasteiger partial charge on any atom is 0.131 e. The number of rotatable bonds is 3. The normalized spacial score (nSPS) is 10.8. The molecule has 0 heterocycles. The van der Waals surface area contributed by atoms with Crippen LogP contribution >= 0.6 is 0 Å². The minimum Gasteiger partial charge on any atom is -0.491 e. The Morgan fingerprint density at radius 2 is 1.79 bits per heavy atom. The molecule has 100 valence electrons. The van der Waals surface area contributed by atoms with Crippen molar-refractivity contribution in [2.45, 2.75) is 20.0 Å². The first-order valence-corrected chi connectivity index (χ1v) is 5.98. The Balaban J connectivity index is 2.48. The van der Waals surface area contributed by atoms with Gasteiger partial charge in [-0.05, 0) is 55.8 Å². The van der Waals surface area contributed by atoms with Gasteiger partial charge in [0.2, 0.25) is 0 Å². The molecule has 0 saturated carbocycles. The highest BCUT2D eigenvalue weighted by Crippen LogP contribution is 2.29. The Bertz CT molecular complexity index is 576. The summed E-state index contributed by atoms with van der Waals surface area (Å²) in [4.78, 5) is 0. The van der Waals surface area contributed by atoms with Crippen LogP contribution in [-0.2, 0) is 0 Å². The van der Waals surface area contributed by atoms with Gasteiger partial charge in [0.1, 0.15) is 17.4 Å². The molecule has 2 nitrogen and oxygen atoms in total. The zero-order valence-electron chi connectivity index (χ0n) is 10.8. The molecule has 0 saturated heterocycles. The van der Waals surface area contributed by atoms with E-state index < -0.39 is 11.6 Å². The number of ether oxygens (including phenoxy) is 1. The Kier molecular flexibility index (Phi) is 3.69. The molecule has 0 radical (unpaired) electrons. The van der Waals surface area contributed by atoms with Crippen LogP contribution in [0, 0.1) is 11.6 Å². The van der Waals surface area contributed by atoms with E-state index >= 15 is 0 Å². The van der Waals surface area contributed by atoms with Gasteiger partial charge in [-0.1, -0.05) is 0 Å². The largest absolute Gasteiger partial charge is 0.491 e. The molecule has 2 rings (SSSR count). The zero-order valence-corrected chi connectivity index (χ0v) is 10.8. The lowest BCUT2D eigenvalue weighted by atomic mass is 10.0. The summed E-state index contributed by atoms with van der Waals surface area (Å²) in [7, 11) is 0. The molecule has 0 aromatic heterocycles. The van der Waals surface area contributed by atoms with Crippen LogP contribution in [0.1, 0.15) is 13.8 Å². The first-order valence-electron chi connectivity index (χ1n) is 5.98. The van der Waals surface area contributed by atoms with Crippen molar-refractivity contribution in [3.8, 4) is 16.9 Å². The smallest absolute Gasteiger partial charge is 0.131 e. The predicted octanol–water partition coefficient (Wildman–Crippen LogP) is 4.00. The first-order chi connectivity index (χ1) is 8.95. The van der Waals surface area contributed by atoms with E-state index in [1.165, 1.54) is 24.3 Å². The van der Waals surface area contributed by atoms with Crippen LogP contribution in [0.3, 0.4) is 0 Å². The Labute approximate surface area is 110 Å². The first kappa shape index (κ1) is 13.3. The van der Waals surface area contributed by atoms with Gasteiger partial charge < -0.3 is 10.5 Å². The van der Waals surface area contributed by atoms with Crippen molar-refractivity contribution in [2.24, 2.45) is 0 Å². The van der Waals surface area contributed by atoms with E-state index in [1.807, 2.05) is 13.8 Å². The van der Waals surface area contributed by atoms with Crippen LogP contribution in [0.2, 0.25) is 0 Å². The van der Waals surface area contributed by atoms with Crippen molar-refractivity contribution < 1.29 is 13.5 Å². The number of benzene rings is 2. The molecule has 0 bridgehead atoms. The fraction of sp³-hybridized carbons (Fsp3) is 0.200. The number of hydrogen-bond acceptors (Lipinski definition) is 2. The molecule has 0 aliphatic rings. The quantitative estimate of drug-likeness (QED) is 0.849. The van der Waals surface area contributed by atoms with Gasteiger partial charge in [0.15, 0.2) is 0 Å². The predicted molar refractivity (Wildman–Crippen MR) is 72.0 cm³/mol. The highest BCUT2D eigenvalue weighted by Gasteiger charge is 2.10. The van der Waals surface area contributed by atoms with Crippen molar-refractivity contribution in [3.63, 3.8) is 0 Å². The molecule has 19 heavy (non-hydrogen) atoms. The molecule has 2 aromatic carbocycles. The molecule has 0 aliphatic carbocycles. The molecule has 0 unspecified atom stereocenters. The summed E-state index contributed by atoms with van der Waals surface area (Å²) in [5, 5.41) is 0. The molecule has 2 N–H and O–H groups in total. The van der Waals surface area contributed by atoms with E-state index in [0.29, 0.717) is 11.3 Å². The summed E-state index contributed by atoms with van der Waals surface area (Å²) < 4.78 is 32.7. The SMILES string of the molecule is CC(C)Oc1ccc(F)c(-c2cc(N)cc(F)c2)c1. The maximum absolute atomic E-state index is 13.8. The lowest BCUT2D eigenvalue weighted by Crippen LogP contribution is -2.05. The lowest BCUT2D eigenvalue weighted by Gasteiger charge is -2.12. The van der Waals surface area contributed by atoms with Crippen molar-refractivity contribution in [3.05, 3.63) is 48.0 Å². The second-order valence-corrected chi connectivity index (χ2v) is 4.58. The van der Waals surface area contributed by atoms with E-state index in [9.17, 15) is 8.78 Å². The van der Waals surface area contributed by atoms with Gasteiger partial charge in [-0.15, -0.1) is 0 Å². The average molecular weight is 263 g/mol. The fourth-order valence-corrected chi connectivity index (χ4v) is 1.84. The van der Waals surface area contributed by atoms with E-state index in [0.717, 1.165) is 0 Å². The highest BCUT2D eigenvalue weighted by molar-refractivity contribution is 5.69. The number of hydrogen-bond donors (Lipinski definition) is 1. The van der Waals surface area contributed by atoms with Crippen LogP contribution in [0.4, 0.5) is 14.5 Å². The summed E-state index contributed by atoms with van der Waals surface area (Å²) >= 11 is 0. The van der Waals surface area contributed by atoms with Crippen molar-refractivity contribution in [1.82, 2.24) is 0 Å². The Hall–Kier alpha value is -2.10. The van der Waals surface area contributed by atoms with E-state index in [1.54, 1.807) is 12.1 Å². The molecule has 0 amide bonds. The number of halogens is 2. The summed E-state index contributed by atoms with van der Waals surface area (Å²) in [6, 6.07) is 8.35. The van der Waals surface area contributed by atoms with Gasteiger partial charge in [-0.3, -0.25) is 0 Å². The van der Waals surface area contributed by atoms with Crippen LogP contribution in [0.5, 0.6) is 5.75 Å². The van der Waals surface area contributed by atoms with Gasteiger partial charge in [0.25, 0.3) is 0 Å². The Morgan fingerprint density at radius 3 is 2.42 bits per heavy atom.